The van der Waals surface area contributed by atoms with Crippen LogP contribution in [0.5, 0.6) is 0 Å². The summed E-state index contributed by atoms with van der Waals surface area (Å²) < 4.78 is 4.59. The summed E-state index contributed by atoms with van der Waals surface area (Å²) in [4.78, 5) is 15.4. The molecule has 14 heavy (non-hydrogen) atoms. The van der Waals surface area contributed by atoms with Crippen LogP contribution in [0.25, 0.3) is 0 Å². The molecule has 0 aliphatic heterocycles. The molecule has 0 spiro atoms. The van der Waals surface area contributed by atoms with Crippen molar-refractivity contribution in [3.8, 4) is 0 Å². The Kier molecular flexibility index (Phi) is 2.42. The van der Waals surface area contributed by atoms with Crippen molar-refractivity contribution in [3.63, 3.8) is 0 Å². The molecule has 1 aromatic rings. The smallest absolute Gasteiger partial charge is 0.356 e. The third kappa shape index (κ3) is 1.48. The van der Waals surface area contributed by atoms with E-state index in [-0.39, 0.29) is 0 Å². The summed E-state index contributed by atoms with van der Waals surface area (Å²) in [7, 11) is 1.34. The summed E-state index contributed by atoms with van der Waals surface area (Å²) in [5.41, 5.74) is 2.33. The van der Waals surface area contributed by atoms with Gasteiger partial charge in [-0.1, -0.05) is 11.6 Å². The number of hydrogen-bond donors (Lipinski definition) is 0. The third-order valence-electron chi connectivity index (χ3n) is 2.39. The van der Waals surface area contributed by atoms with Gasteiger partial charge >= 0.3 is 5.97 Å². The van der Waals surface area contributed by atoms with E-state index in [1.54, 1.807) is 6.07 Å². The summed E-state index contributed by atoms with van der Waals surface area (Å²) in [5.74, 6) is -0.429. The SMILES string of the molecule is COC(=O)c1cc(Cl)c2c(n1)CCC2. The van der Waals surface area contributed by atoms with Gasteiger partial charge in [0.05, 0.1) is 7.11 Å². The molecule has 0 atom stereocenters. The van der Waals surface area contributed by atoms with Gasteiger partial charge in [-0.05, 0) is 30.9 Å². The number of ether oxygens (including phenoxy) is 1. The van der Waals surface area contributed by atoms with Crippen LogP contribution in [-0.4, -0.2) is 18.1 Å². The predicted molar refractivity (Wildman–Crippen MR) is 52.6 cm³/mol. The van der Waals surface area contributed by atoms with Crippen molar-refractivity contribution >= 4 is 17.6 Å². The Bertz CT molecular complexity index is 390. The number of rotatable bonds is 1. The first-order chi connectivity index (χ1) is 6.72. The van der Waals surface area contributed by atoms with Crippen molar-refractivity contribution in [1.82, 2.24) is 4.98 Å². The van der Waals surface area contributed by atoms with Gasteiger partial charge in [0.2, 0.25) is 0 Å². The van der Waals surface area contributed by atoms with Crippen molar-refractivity contribution < 1.29 is 9.53 Å². The summed E-state index contributed by atoms with van der Waals surface area (Å²) >= 11 is 6.03. The maximum Gasteiger partial charge on any atom is 0.356 e. The standard InChI is InChI=1S/C10H10ClNO2/c1-14-10(13)9-5-7(11)6-3-2-4-8(6)12-9/h5H,2-4H2,1H3. The maximum atomic E-state index is 11.2. The minimum atomic E-state index is -0.429. The van der Waals surface area contributed by atoms with Crippen LogP contribution in [-0.2, 0) is 17.6 Å². The lowest BCUT2D eigenvalue weighted by molar-refractivity contribution is 0.0594. The van der Waals surface area contributed by atoms with E-state index in [4.69, 9.17) is 11.6 Å². The Morgan fingerprint density at radius 3 is 3.07 bits per heavy atom. The minimum Gasteiger partial charge on any atom is -0.464 e. The van der Waals surface area contributed by atoms with E-state index in [0.717, 1.165) is 30.5 Å². The molecule has 0 unspecified atom stereocenters. The largest absolute Gasteiger partial charge is 0.464 e. The number of esters is 1. The number of methoxy groups -OCH3 is 1. The molecule has 1 aromatic heterocycles. The molecule has 2 rings (SSSR count). The molecular weight excluding hydrogens is 202 g/mol. The average molecular weight is 212 g/mol. The van der Waals surface area contributed by atoms with E-state index in [2.05, 4.69) is 9.72 Å². The van der Waals surface area contributed by atoms with Crippen LogP contribution < -0.4 is 0 Å². The Labute approximate surface area is 87.0 Å². The summed E-state index contributed by atoms with van der Waals surface area (Å²) in [5, 5.41) is 0.632. The van der Waals surface area contributed by atoms with E-state index >= 15 is 0 Å². The number of hydrogen-bond acceptors (Lipinski definition) is 3. The van der Waals surface area contributed by atoms with Crippen molar-refractivity contribution in [1.29, 1.82) is 0 Å². The van der Waals surface area contributed by atoms with E-state index in [1.807, 2.05) is 0 Å². The first-order valence-electron chi connectivity index (χ1n) is 4.49. The predicted octanol–water partition coefficient (Wildman–Crippen LogP) is 2.01. The Morgan fingerprint density at radius 1 is 1.57 bits per heavy atom. The molecule has 0 N–H and O–H groups in total. The molecule has 0 aromatic carbocycles. The van der Waals surface area contributed by atoms with Gasteiger partial charge in [-0.3, -0.25) is 0 Å². The molecule has 0 amide bonds. The zero-order valence-corrected chi connectivity index (χ0v) is 8.60. The fourth-order valence-electron chi connectivity index (χ4n) is 1.70. The van der Waals surface area contributed by atoms with E-state index in [9.17, 15) is 4.79 Å². The van der Waals surface area contributed by atoms with Crippen molar-refractivity contribution in [3.05, 3.63) is 28.0 Å². The zero-order chi connectivity index (χ0) is 10.1. The lowest BCUT2D eigenvalue weighted by atomic mass is 10.2. The summed E-state index contributed by atoms with van der Waals surface area (Å²) in [6.07, 6.45) is 2.93. The highest BCUT2D eigenvalue weighted by Crippen LogP contribution is 2.28. The van der Waals surface area contributed by atoms with Crippen LogP contribution in [0.2, 0.25) is 5.02 Å². The molecule has 1 aliphatic rings. The Morgan fingerprint density at radius 2 is 2.36 bits per heavy atom. The quantitative estimate of drug-likeness (QED) is 0.667. The number of nitrogens with zero attached hydrogens (tertiary/aromatic N) is 1. The molecule has 1 aliphatic carbocycles. The van der Waals surface area contributed by atoms with Crippen LogP contribution in [0.4, 0.5) is 0 Å². The summed E-state index contributed by atoms with van der Waals surface area (Å²) in [6, 6.07) is 1.58. The zero-order valence-electron chi connectivity index (χ0n) is 7.84. The highest BCUT2D eigenvalue weighted by atomic mass is 35.5. The molecule has 74 valence electrons. The van der Waals surface area contributed by atoms with Gasteiger partial charge in [-0.2, -0.15) is 0 Å². The van der Waals surface area contributed by atoms with E-state index < -0.39 is 5.97 Å². The summed E-state index contributed by atoms with van der Waals surface area (Å²) in [6.45, 7) is 0. The monoisotopic (exact) mass is 211 g/mol. The molecule has 0 saturated carbocycles. The molecule has 3 nitrogen and oxygen atoms in total. The molecule has 0 saturated heterocycles. The van der Waals surface area contributed by atoms with Crippen LogP contribution >= 0.6 is 11.6 Å². The van der Waals surface area contributed by atoms with Gasteiger partial charge in [-0.25, -0.2) is 9.78 Å². The molecule has 0 fully saturated rings. The van der Waals surface area contributed by atoms with Gasteiger partial charge in [-0.15, -0.1) is 0 Å². The second kappa shape index (κ2) is 3.58. The molecule has 0 bridgehead atoms. The van der Waals surface area contributed by atoms with Crippen molar-refractivity contribution in [2.75, 3.05) is 7.11 Å². The van der Waals surface area contributed by atoms with Gasteiger partial charge in [0, 0.05) is 10.7 Å². The van der Waals surface area contributed by atoms with Gasteiger partial charge in [0.25, 0.3) is 0 Å². The first-order valence-corrected chi connectivity index (χ1v) is 4.87. The fourth-order valence-corrected chi connectivity index (χ4v) is 2.01. The maximum absolute atomic E-state index is 11.2. The van der Waals surface area contributed by atoms with Crippen LogP contribution in [0, 0.1) is 0 Å². The highest BCUT2D eigenvalue weighted by molar-refractivity contribution is 6.31. The second-order valence-electron chi connectivity index (χ2n) is 3.26. The number of fused-ring (bicyclic) bond motifs is 1. The third-order valence-corrected chi connectivity index (χ3v) is 2.73. The second-order valence-corrected chi connectivity index (χ2v) is 3.67. The highest BCUT2D eigenvalue weighted by Gasteiger charge is 2.19. The lowest BCUT2D eigenvalue weighted by Gasteiger charge is -2.04. The fraction of sp³-hybridized carbons (Fsp3) is 0.400. The lowest BCUT2D eigenvalue weighted by Crippen LogP contribution is -2.06. The van der Waals surface area contributed by atoms with E-state index in [1.165, 1.54) is 7.11 Å². The number of pyridine rings is 1. The normalized spacial score (nSPS) is 13.9. The average Bonchev–Trinajstić information content (AvgIpc) is 2.64. The minimum absolute atomic E-state index is 0.304. The van der Waals surface area contributed by atoms with Gasteiger partial charge in [0.15, 0.2) is 0 Å². The number of aromatic nitrogens is 1. The van der Waals surface area contributed by atoms with Gasteiger partial charge in [0.1, 0.15) is 5.69 Å². The van der Waals surface area contributed by atoms with Crippen LogP contribution in [0.3, 0.4) is 0 Å². The van der Waals surface area contributed by atoms with Gasteiger partial charge < -0.3 is 4.74 Å². The number of halogens is 1. The van der Waals surface area contributed by atoms with Crippen molar-refractivity contribution in [2.24, 2.45) is 0 Å². The van der Waals surface area contributed by atoms with Crippen LogP contribution in [0.1, 0.15) is 28.2 Å². The molecule has 0 radical (unpaired) electrons. The number of carbonyl (C=O) groups excluding carboxylic acids is 1. The molecule has 4 heteroatoms. The first kappa shape index (κ1) is 9.46. The molecular formula is C10H10ClNO2. The molecule has 1 heterocycles. The topological polar surface area (TPSA) is 39.2 Å². The Balaban J connectivity index is 2.46. The number of carbonyl (C=O) groups is 1. The van der Waals surface area contributed by atoms with Crippen molar-refractivity contribution in [2.45, 2.75) is 19.3 Å². The Hall–Kier alpha value is -1.09. The van der Waals surface area contributed by atoms with E-state index in [0.29, 0.717) is 10.7 Å². The van der Waals surface area contributed by atoms with Crippen LogP contribution in [0.15, 0.2) is 6.07 Å². The number of aryl methyl sites for hydroxylation is 1.